The second kappa shape index (κ2) is 4.37. The van der Waals surface area contributed by atoms with E-state index < -0.39 is 0 Å². The Morgan fingerprint density at radius 2 is 2.00 bits per heavy atom. The number of benzene rings is 1. The van der Waals surface area contributed by atoms with Gasteiger partial charge in [-0.05, 0) is 31.4 Å². The molecule has 2 heterocycles. The molecule has 18 heavy (non-hydrogen) atoms. The molecule has 0 spiro atoms. The largest absolute Gasteiger partial charge is 0.508 e. The van der Waals surface area contributed by atoms with E-state index in [-0.39, 0.29) is 11.5 Å². The fraction of sp³-hybridized carbons (Fsp3) is 0.357. The van der Waals surface area contributed by atoms with Gasteiger partial charge in [0.15, 0.2) is 5.76 Å². The van der Waals surface area contributed by atoms with Crippen molar-refractivity contribution in [2.45, 2.75) is 19.3 Å². The molecule has 0 aliphatic carbocycles. The van der Waals surface area contributed by atoms with Gasteiger partial charge in [0.25, 0.3) is 0 Å². The SMILES string of the molecule is O=C1C(=CN2CCCCC2)Oc2cc(O)ccc21. The highest BCUT2D eigenvalue weighted by molar-refractivity contribution is 6.12. The molecule has 1 fully saturated rings. The molecule has 0 aromatic heterocycles. The Morgan fingerprint density at radius 3 is 2.78 bits per heavy atom. The van der Waals surface area contributed by atoms with E-state index in [1.807, 2.05) is 0 Å². The first-order valence-electron chi connectivity index (χ1n) is 6.25. The van der Waals surface area contributed by atoms with E-state index in [4.69, 9.17) is 4.74 Å². The number of Topliss-reactive ketones (excluding diaryl/α,β-unsaturated/α-hetero) is 1. The predicted octanol–water partition coefficient (Wildman–Crippen LogP) is 2.29. The van der Waals surface area contributed by atoms with Crippen molar-refractivity contribution in [3.63, 3.8) is 0 Å². The molecule has 94 valence electrons. The highest BCUT2D eigenvalue weighted by atomic mass is 16.5. The van der Waals surface area contributed by atoms with Crippen LogP contribution < -0.4 is 4.74 Å². The number of fused-ring (bicyclic) bond motifs is 1. The monoisotopic (exact) mass is 245 g/mol. The number of ketones is 1. The zero-order chi connectivity index (χ0) is 12.5. The van der Waals surface area contributed by atoms with Gasteiger partial charge in [-0.2, -0.15) is 0 Å². The number of hydrogen-bond acceptors (Lipinski definition) is 4. The molecular formula is C14H15NO3. The zero-order valence-electron chi connectivity index (χ0n) is 10.1. The number of hydrogen-bond donors (Lipinski definition) is 1. The van der Waals surface area contributed by atoms with Crippen LogP contribution in [0.15, 0.2) is 30.2 Å². The van der Waals surface area contributed by atoms with Crippen LogP contribution >= 0.6 is 0 Å². The Hall–Kier alpha value is -1.97. The number of carbonyl (C=O) groups excluding carboxylic acids is 1. The minimum atomic E-state index is -0.101. The van der Waals surface area contributed by atoms with Gasteiger partial charge < -0.3 is 14.7 Å². The summed E-state index contributed by atoms with van der Waals surface area (Å²) < 4.78 is 5.51. The van der Waals surface area contributed by atoms with E-state index in [1.165, 1.54) is 18.6 Å². The Balaban J connectivity index is 1.85. The van der Waals surface area contributed by atoms with E-state index in [0.717, 1.165) is 25.9 Å². The van der Waals surface area contributed by atoms with E-state index in [1.54, 1.807) is 12.3 Å². The highest BCUT2D eigenvalue weighted by Gasteiger charge is 2.28. The summed E-state index contributed by atoms with van der Waals surface area (Å²) in [7, 11) is 0. The van der Waals surface area contributed by atoms with Crippen molar-refractivity contribution in [3.05, 3.63) is 35.7 Å². The third-order valence-electron chi connectivity index (χ3n) is 3.34. The summed E-state index contributed by atoms with van der Waals surface area (Å²) in [5.74, 6) is 0.817. The molecule has 0 atom stereocenters. The van der Waals surface area contributed by atoms with Crippen LogP contribution in [0.1, 0.15) is 29.6 Å². The van der Waals surface area contributed by atoms with Gasteiger partial charge in [-0.15, -0.1) is 0 Å². The second-order valence-corrected chi connectivity index (χ2v) is 4.70. The van der Waals surface area contributed by atoms with Crippen molar-refractivity contribution in [2.75, 3.05) is 13.1 Å². The first-order valence-corrected chi connectivity index (χ1v) is 6.25. The lowest BCUT2D eigenvalue weighted by atomic mass is 10.1. The Labute approximate surface area is 105 Å². The lowest BCUT2D eigenvalue weighted by Crippen LogP contribution is -2.25. The number of nitrogens with zero attached hydrogens (tertiary/aromatic N) is 1. The zero-order valence-corrected chi connectivity index (χ0v) is 10.1. The molecular weight excluding hydrogens is 230 g/mol. The van der Waals surface area contributed by atoms with Gasteiger partial charge in [0.05, 0.1) is 5.56 Å². The fourth-order valence-electron chi connectivity index (χ4n) is 2.38. The van der Waals surface area contributed by atoms with Crippen LogP contribution in [0.5, 0.6) is 11.5 Å². The van der Waals surface area contributed by atoms with Gasteiger partial charge in [0.2, 0.25) is 5.78 Å². The van der Waals surface area contributed by atoms with Crippen LogP contribution in [0.4, 0.5) is 0 Å². The smallest absolute Gasteiger partial charge is 0.233 e. The number of aromatic hydroxyl groups is 1. The number of carbonyl (C=O) groups is 1. The summed E-state index contributed by atoms with van der Waals surface area (Å²) in [5.41, 5.74) is 0.524. The molecule has 0 saturated carbocycles. The van der Waals surface area contributed by atoms with Crippen molar-refractivity contribution < 1.29 is 14.6 Å². The summed E-state index contributed by atoms with van der Waals surface area (Å²) in [6.45, 7) is 1.95. The first-order chi connectivity index (χ1) is 8.74. The number of phenols is 1. The third kappa shape index (κ3) is 1.94. The molecule has 1 N–H and O–H groups in total. The molecule has 3 rings (SSSR count). The van der Waals surface area contributed by atoms with Gasteiger partial charge in [0.1, 0.15) is 11.5 Å². The Kier molecular flexibility index (Phi) is 2.70. The predicted molar refractivity (Wildman–Crippen MR) is 66.6 cm³/mol. The van der Waals surface area contributed by atoms with Crippen LogP contribution in [0.2, 0.25) is 0 Å². The summed E-state index contributed by atoms with van der Waals surface area (Å²) in [5, 5.41) is 9.37. The van der Waals surface area contributed by atoms with Crippen LogP contribution in [-0.4, -0.2) is 28.9 Å². The summed E-state index contributed by atoms with van der Waals surface area (Å²) in [4.78, 5) is 14.2. The lowest BCUT2D eigenvalue weighted by Gasteiger charge is -2.24. The maximum Gasteiger partial charge on any atom is 0.233 e. The fourth-order valence-corrected chi connectivity index (χ4v) is 2.38. The standard InChI is InChI=1S/C14H15NO3/c16-10-4-5-11-12(8-10)18-13(14(11)17)9-15-6-2-1-3-7-15/h4-5,8-9,16H,1-3,6-7H2. The van der Waals surface area contributed by atoms with Gasteiger partial charge in [0, 0.05) is 25.4 Å². The second-order valence-electron chi connectivity index (χ2n) is 4.70. The normalized spacial score (nSPS) is 21.0. The van der Waals surface area contributed by atoms with E-state index in [0.29, 0.717) is 17.1 Å². The summed E-state index contributed by atoms with van der Waals surface area (Å²) in [6.07, 6.45) is 5.37. The third-order valence-corrected chi connectivity index (χ3v) is 3.34. The molecule has 0 amide bonds. The van der Waals surface area contributed by atoms with Crippen molar-refractivity contribution >= 4 is 5.78 Å². The summed E-state index contributed by atoms with van der Waals surface area (Å²) >= 11 is 0. The van der Waals surface area contributed by atoms with E-state index >= 15 is 0 Å². The van der Waals surface area contributed by atoms with Gasteiger partial charge in [-0.1, -0.05) is 0 Å². The first kappa shape index (κ1) is 11.1. The quantitative estimate of drug-likeness (QED) is 0.771. The van der Waals surface area contributed by atoms with Gasteiger partial charge >= 0.3 is 0 Å². The van der Waals surface area contributed by atoms with Crippen molar-refractivity contribution in [3.8, 4) is 11.5 Å². The molecule has 0 bridgehead atoms. The van der Waals surface area contributed by atoms with Crippen molar-refractivity contribution in [2.24, 2.45) is 0 Å². The molecule has 1 aromatic carbocycles. The van der Waals surface area contributed by atoms with Crippen LogP contribution in [0.3, 0.4) is 0 Å². The van der Waals surface area contributed by atoms with Gasteiger partial charge in [-0.3, -0.25) is 4.79 Å². The number of allylic oxidation sites excluding steroid dienone is 1. The molecule has 1 aromatic rings. The molecule has 2 aliphatic heterocycles. The topological polar surface area (TPSA) is 49.8 Å². The molecule has 4 heteroatoms. The molecule has 1 saturated heterocycles. The molecule has 0 radical (unpaired) electrons. The number of piperidine rings is 1. The maximum atomic E-state index is 12.1. The molecule has 2 aliphatic rings. The lowest BCUT2D eigenvalue weighted by molar-refractivity contribution is 0.101. The minimum absolute atomic E-state index is 0.101. The Morgan fingerprint density at radius 1 is 1.22 bits per heavy atom. The number of phenolic OH excluding ortho intramolecular Hbond substituents is 1. The van der Waals surface area contributed by atoms with Crippen molar-refractivity contribution in [1.29, 1.82) is 0 Å². The van der Waals surface area contributed by atoms with Crippen LogP contribution in [-0.2, 0) is 0 Å². The minimum Gasteiger partial charge on any atom is -0.508 e. The van der Waals surface area contributed by atoms with Crippen LogP contribution in [0, 0.1) is 0 Å². The maximum absolute atomic E-state index is 12.1. The number of rotatable bonds is 1. The highest BCUT2D eigenvalue weighted by Crippen LogP contribution is 2.33. The average Bonchev–Trinajstić information content (AvgIpc) is 2.67. The Bertz CT molecular complexity index is 516. The molecule has 4 nitrogen and oxygen atoms in total. The van der Waals surface area contributed by atoms with E-state index in [2.05, 4.69) is 4.90 Å². The number of likely N-dealkylation sites (tertiary alicyclic amines) is 1. The van der Waals surface area contributed by atoms with Crippen molar-refractivity contribution in [1.82, 2.24) is 4.90 Å². The molecule has 0 unspecified atom stereocenters. The summed E-state index contributed by atoms with van der Waals surface area (Å²) in [6, 6.07) is 4.58. The average molecular weight is 245 g/mol. The van der Waals surface area contributed by atoms with Gasteiger partial charge in [-0.25, -0.2) is 0 Å². The van der Waals surface area contributed by atoms with Crippen LogP contribution in [0.25, 0.3) is 0 Å². The van der Waals surface area contributed by atoms with E-state index in [9.17, 15) is 9.90 Å². The number of ether oxygens (including phenoxy) is 1.